The molecule has 148 valence electrons. The van der Waals surface area contributed by atoms with Crippen molar-refractivity contribution < 1.29 is 14.3 Å². The third kappa shape index (κ3) is 2.55. The number of fused-ring (bicyclic) bond motifs is 3. The molecule has 3 fully saturated rings. The molecule has 0 N–H and O–H groups in total. The summed E-state index contributed by atoms with van der Waals surface area (Å²) in [6, 6.07) is 10.2. The number of piperidine rings is 1. The number of ether oxygens (including phenoxy) is 1. The van der Waals surface area contributed by atoms with Crippen LogP contribution in [0.25, 0.3) is 0 Å². The molecule has 4 aliphatic rings. The minimum Gasteiger partial charge on any atom is -0.450 e. The van der Waals surface area contributed by atoms with E-state index < -0.39 is 5.60 Å². The number of amides is 1. The molecular formula is C23H28N2O3. The highest BCUT2D eigenvalue weighted by molar-refractivity contribution is 5.94. The van der Waals surface area contributed by atoms with Crippen molar-refractivity contribution in [2.75, 3.05) is 13.1 Å². The van der Waals surface area contributed by atoms with Crippen LogP contribution < -0.4 is 0 Å². The van der Waals surface area contributed by atoms with Gasteiger partial charge in [0, 0.05) is 30.6 Å². The number of benzene rings is 1. The molecule has 1 amide bonds. The van der Waals surface area contributed by atoms with Crippen LogP contribution in [0.5, 0.6) is 0 Å². The second-order valence-electron chi connectivity index (χ2n) is 8.64. The Labute approximate surface area is 166 Å². The van der Waals surface area contributed by atoms with E-state index in [1.165, 1.54) is 12.8 Å². The van der Waals surface area contributed by atoms with Crippen LogP contribution in [0.1, 0.15) is 55.8 Å². The van der Waals surface area contributed by atoms with Crippen molar-refractivity contribution >= 4 is 11.9 Å². The van der Waals surface area contributed by atoms with Crippen LogP contribution in [0.15, 0.2) is 42.0 Å². The van der Waals surface area contributed by atoms with Gasteiger partial charge in [-0.2, -0.15) is 0 Å². The van der Waals surface area contributed by atoms with Crippen LogP contribution in [0.2, 0.25) is 0 Å². The van der Waals surface area contributed by atoms with E-state index in [0.29, 0.717) is 0 Å². The maximum Gasteiger partial charge on any atom is 0.331 e. The second kappa shape index (κ2) is 6.73. The van der Waals surface area contributed by atoms with E-state index in [1.54, 1.807) is 6.08 Å². The molecule has 1 spiro atoms. The van der Waals surface area contributed by atoms with Crippen molar-refractivity contribution in [1.29, 1.82) is 0 Å². The summed E-state index contributed by atoms with van der Waals surface area (Å²) < 4.78 is 5.97. The molecule has 1 aliphatic carbocycles. The van der Waals surface area contributed by atoms with Crippen molar-refractivity contribution in [3.63, 3.8) is 0 Å². The molecule has 0 unspecified atom stereocenters. The van der Waals surface area contributed by atoms with Crippen molar-refractivity contribution in [3.8, 4) is 0 Å². The van der Waals surface area contributed by atoms with E-state index in [4.69, 9.17) is 4.74 Å². The summed E-state index contributed by atoms with van der Waals surface area (Å²) in [4.78, 5) is 30.3. The maximum atomic E-state index is 13.4. The third-order valence-electron chi connectivity index (χ3n) is 7.16. The molecule has 4 atom stereocenters. The van der Waals surface area contributed by atoms with Gasteiger partial charge < -0.3 is 9.64 Å². The standard InChI is InChI=1S/C23H28N2O3/c1-2-11-25(22(27)16-8-4-3-5-9-16)18-13-17-14-21(26)28-23(17)15-19(18)24-12-7-6-10-20(23)24/h3-5,8-9,14,18-20H,2,6-7,10-13,15H2,1H3/t18-,19-,20+,23-/m0/s1. The summed E-state index contributed by atoms with van der Waals surface area (Å²) >= 11 is 0. The molecule has 0 aromatic heterocycles. The molecule has 3 aliphatic heterocycles. The number of esters is 1. The number of carbonyl (C=O) groups is 2. The first-order valence-electron chi connectivity index (χ1n) is 10.7. The molecule has 2 saturated heterocycles. The molecule has 5 nitrogen and oxygen atoms in total. The lowest BCUT2D eigenvalue weighted by Crippen LogP contribution is -2.54. The summed E-state index contributed by atoms with van der Waals surface area (Å²) in [5, 5.41) is 0. The predicted octanol–water partition coefficient (Wildman–Crippen LogP) is 3.16. The van der Waals surface area contributed by atoms with E-state index in [1.807, 2.05) is 30.3 Å². The van der Waals surface area contributed by atoms with E-state index in [2.05, 4.69) is 16.7 Å². The smallest absolute Gasteiger partial charge is 0.331 e. The Morgan fingerprint density at radius 3 is 2.89 bits per heavy atom. The molecular weight excluding hydrogens is 352 g/mol. The average molecular weight is 380 g/mol. The van der Waals surface area contributed by atoms with E-state index in [0.717, 1.165) is 49.9 Å². The lowest BCUT2D eigenvalue weighted by atomic mass is 9.75. The van der Waals surface area contributed by atoms with Gasteiger partial charge >= 0.3 is 5.97 Å². The van der Waals surface area contributed by atoms with E-state index in [9.17, 15) is 9.59 Å². The second-order valence-corrected chi connectivity index (χ2v) is 8.64. The fourth-order valence-electron chi connectivity index (χ4n) is 6.08. The third-order valence-corrected chi connectivity index (χ3v) is 7.16. The monoisotopic (exact) mass is 380 g/mol. The Balaban J connectivity index is 1.53. The first-order valence-corrected chi connectivity index (χ1v) is 10.7. The number of nitrogens with zero attached hydrogens (tertiary/aromatic N) is 2. The molecule has 1 aromatic rings. The van der Waals surface area contributed by atoms with Gasteiger partial charge in [-0.3, -0.25) is 9.69 Å². The predicted molar refractivity (Wildman–Crippen MR) is 106 cm³/mol. The average Bonchev–Trinajstić information content (AvgIpc) is 3.21. The molecule has 0 radical (unpaired) electrons. The molecule has 1 saturated carbocycles. The molecule has 5 rings (SSSR count). The first-order chi connectivity index (χ1) is 13.6. The molecule has 5 heteroatoms. The molecule has 2 bridgehead atoms. The van der Waals surface area contributed by atoms with Gasteiger partial charge in [0.05, 0.1) is 12.1 Å². The minimum atomic E-state index is -0.424. The van der Waals surface area contributed by atoms with Crippen LogP contribution in [0.4, 0.5) is 0 Å². The van der Waals surface area contributed by atoms with Crippen LogP contribution in [0, 0.1) is 0 Å². The van der Waals surface area contributed by atoms with Gasteiger partial charge in [0.25, 0.3) is 5.91 Å². The lowest BCUT2D eigenvalue weighted by Gasteiger charge is -2.42. The van der Waals surface area contributed by atoms with E-state index in [-0.39, 0.29) is 30.0 Å². The van der Waals surface area contributed by atoms with Crippen LogP contribution >= 0.6 is 0 Å². The normalized spacial score (nSPS) is 33.7. The van der Waals surface area contributed by atoms with Gasteiger partial charge in [-0.1, -0.05) is 31.5 Å². The van der Waals surface area contributed by atoms with E-state index >= 15 is 0 Å². The topological polar surface area (TPSA) is 49.9 Å². The van der Waals surface area contributed by atoms with Crippen molar-refractivity contribution in [1.82, 2.24) is 9.80 Å². The van der Waals surface area contributed by atoms with Crippen LogP contribution in [0.3, 0.4) is 0 Å². The molecule has 28 heavy (non-hydrogen) atoms. The summed E-state index contributed by atoms with van der Waals surface area (Å²) in [7, 11) is 0. The Hall–Kier alpha value is -2.14. The molecule has 1 aromatic carbocycles. The number of carbonyl (C=O) groups excluding carboxylic acids is 2. The highest BCUT2D eigenvalue weighted by Gasteiger charge is 2.64. The van der Waals surface area contributed by atoms with Gasteiger partial charge in [0.15, 0.2) is 5.60 Å². The number of hydrogen-bond acceptors (Lipinski definition) is 4. The fraction of sp³-hybridized carbons (Fsp3) is 0.565. The summed E-state index contributed by atoms with van der Waals surface area (Å²) in [5.74, 6) is -0.0931. The van der Waals surface area contributed by atoms with Crippen LogP contribution in [-0.4, -0.2) is 58.5 Å². The summed E-state index contributed by atoms with van der Waals surface area (Å²) in [5.41, 5.74) is 1.44. The fourth-order valence-corrected chi connectivity index (χ4v) is 6.08. The Morgan fingerprint density at radius 1 is 1.29 bits per heavy atom. The Bertz CT molecular complexity index is 820. The maximum absolute atomic E-state index is 13.4. The molecule has 3 heterocycles. The van der Waals surface area contributed by atoms with Gasteiger partial charge in [-0.05, 0) is 49.9 Å². The lowest BCUT2D eigenvalue weighted by molar-refractivity contribution is -0.148. The summed E-state index contributed by atoms with van der Waals surface area (Å²) in [6.45, 7) is 3.90. The Kier molecular flexibility index (Phi) is 4.31. The van der Waals surface area contributed by atoms with Gasteiger partial charge in [0.2, 0.25) is 0 Å². The highest BCUT2D eigenvalue weighted by Crippen LogP contribution is 2.54. The largest absolute Gasteiger partial charge is 0.450 e. The van der Waals surface area contributed by atoms with Gasteiger partial charge in [0.1, 0.15) is 0 Å². The zero-order valence-corrected chi connectivity index (χ0v) is 16.5. The first kappa shape index (κ1) is 17.9. The number of rotatable bonds is 4. The highest BCUT2D eigenvalue weighted by atomic mass is 16.6. The quantitative estimate of drug-likeness (QED) is 0.753. The van der Waals surface area contributed by atoms with Gasteiger partial charge in [-0.15, -0.1) is 0 Å². The van der Waals surface area contributed by atoms with Gasteiger partial charge in [-0.25, -0.2) is 4.79 Å². The Morgan fingerprint density at radius 2 is 2.11 bits per heavy atom. The van der Waals surface area contributed by atoms with Crippen molar-refractivity contribution in [3.05, 3.63) is 47.5 Å². The van der Waals surface area contributed by atoms with Crippen LogP contribution in [-0.2, 0) is 9.53 Å². The zero-order chi connectivity index (χ0) is 19.3. The minimum absolute atomic E-state index is 0.102. The summed E-state index contributed by atoms with van der Waals surface area (Å²) in [6.07, 6.45) is 7.68. The SMILES string of the molecule is CCCN(C(=O)c1ccccc1)[C@H]1CC2=CC(=O)O[C@@]23C[C@@H]1N1CCCC[C@@H]13. The van der Waals surface area contributed by atoms with Crippen molar-refractivity contribution in [2.24, 2.45) is 0 Å². The van der Waals surface area contributed by atoms with Crippen molar-refractivity contribution in [2.45, 2.75) is 69.2 Å². The zero-order valence-electron chi connectivity index (χ0n) is 16.5. The number of hydrogen-bond donors (Lipinski definition) is 0.